The van der Waals surface area contributed by atoms with E-state index in [9.17, 15) is 0 Å². The first-order chi connectivity index (χ1) is 10.2. The van der Waals surface area contributed by atoms with E-state index >= 15 is 0 Å². The van der Waals surface area contributed by atoms with Crippen molar-refractivity contribution in [3.05, 3.63) is 59.4 Å². The molecule has 0 saturated heterocycles. The van der Waals surface area contributed by atoms with Gasteiger partial charge in [-0.2, -0.15) is 4.98 Å². The molecule has 3 aromatic rings. The smallest absolute Gasteiger partial charge is 0.264 e. The zero-order chi connectivity index (χ0) is 14.7. The largest absolute Gasteiger partial charge is 0.484 e. The van der Waals surface area contributed by atoms with Gasteiger partial charge < -0.3 is 15.0 Å². The number of hydrogen-bond donors (Lipinski definition) is 1. The highest BCUT2D eigenvalue weighted by Gasteiger charge is 2.09. The predicted molar refractivity (Wildman–Crippen MR) is 79.9 cm³/mol. The van der Waals surface area contributed by atoms with E-state index < -0.39 is 0 Å². The molecule has 0 aliphatic heterocycles. The third-order valence-corrected chi connectivity index (χ3v) is 3.01. The van der Waals surface area contributed by atoms with Crippen LogP contribution in [0.25, 0.3) is 11.4 Å². The van der Waals surface area contributed by atoms with Crippen LogP contribution in [-0.2, 0) is 6.61 Å². The molecule has 0 radical (unpaired) electrons. The summed E-state index contributed by atoms with van der Waals surface area (Å²) >= 11 is 5.93. The van der Waals surface area contributed by atoms with E-state index in [1.54, 1.807) is 24.3 Å². The maximum absolute atomic E-state index is 5.93. The topological polar surface area (TPSA) is 74.2 Å². The lowest BCUT2D eigenvalue weighted by Crippen LogP contribution is -1.96. The molecule has 1 aromatic heterocycles. The normalized spacial score (nSPS) is 10.5. The molecule has 0 saturated carbocycles. The van der Waals surface area contributed by atoms with E-state index in [0.717, 1.165) is 5.56 Å². The van der Waals surface area contributed by atoms with Crippen LogP contribution in [0.2, 0.25) is 5.02 Å². The molecule has 106 valence electrons. The number of aromatic nitrogens is 2. The summed E-state index contributed by atoms with van der Waals surface area (Å²) in [5.41, 5.74) is 7.11. The Balaban J connectivity index is 1.71. The lowest BCUT2D eigenvalue weighted by Gasteiger charge is -2.03. The third-order valence-electron chi connectivity index (χ3n) is 2.77. The van der Waals surface area contributed by atoms with Crippen molar-refractivity contribution in [1.82, 2.24) is 10.1 Å². The maximum Gasteiger partial charge on any atom is 0.264 e. The quantitative estimate of drug-likeness (QED) is 0.746. The second-order valence-electron chi connectivity index (χ2n) is 4.38. The van der Waals surface area contributed by atoms with Crippen LogP contribution in [0, 0.1) is 0 Å². The van der Waals surface area contributed by atoms with Crippen LogP contribution in [0.5, 0.6) is 5.75 Å². The number of nitrogens with zero attached hydrogens (tertiary/aromatic N) is 2. The van der Waals surface area contributed by atoms with Gasteiger partial charge in [-0.05, 0) is 24.3 Å². The standard InChI is InChI=1S/C15H12ClN3O2/c16-11-4-1-3-10(7-11)15-18-14(21-19-15)9-20-13-6-2-5-12(17)8-13/h1-8H,9,17H2. The number of nitrogen functional groups attached to an aromatic ring is 1. The summed E-state index contributed by atoms with van der Waals surface area (Å²) in [6, 6.07) is 14.4. The molecule has 6 heteroatoms. The van der Waals surface area contributed by atoms with E-state index in [4.69, 9.17) is 26.6 Å². The highest BCUT2D eigenvalue weighted by Crippen LogP contribution is 2.21. The van der Waals surface area contributed by atoms with Crippen molar-refractivity contribution < 1.29 is 9.26 Å². The Morgan fingerprint density at radius 1 is 1.14 bits per heavy atom. The fourth-order valence-electron chi connectivity index (χ4n) is 1.81. The minimum Gasteiger partial charge on any atom is -0.484 e. The first kappa shape index (κ1) is 13.5. The molecule has 0 fully saturated rings. The van der Waals surface area contributed by atoms with Crippen LogP contribution < -0.4 is 10.5 Å². The zero-order valence-corrected chi connectivity index (χ0v) is 11.7. The summed E-state index contributed by atoms with van der Waals surface area (Å²) in [5, 5.41) is 4.53. The Bertz CT molecular complexity index is 758. The number of hydrogen-bond acceptors (Lipinski definition) is 5. The van der Waals surface area contributed by atoms with E-state index in [2.05, 4.69) is 10.1 Å². The van der Waals surface area contributed by atoms with Crippen molar-refractivity contribution in [2.45, 2.75) is 6.61 Å². The third kappa shape index (κ3) is 3.32. The summed E-state index contributed by atoms with van der Waals surface area (Å²) in [6.45, 7) is 0.178. The monoisotopic (exact) mass is 301 g/mol. The molecule has 0 unspecified atom stereocenters. The van der Waals surface area contributed by atoms with Crippen LogP contribution >= 0.6 is 11.6 Å². The number of halogens is 1. The predicted octanol–water partition coefficient (Wildman–Crippen LogP) is 3.55. The van der Waals surface area contributed by atoms with Gasteiger partial charge in [-0.25, -0.2) is 0 Å². The molecule has 0 aliphatic rings. The highest BCUT2D eigenvalue weighted by atomic mass is 35.5. The van der Waals surface area contributed by atoms with Crippen molar-refractivity contribution in [2.24, 2.45) is 0 Å². The van der Waals surface area contributed by atoms with Crippen molar-refractivity contribution in [3.8, 4) is 17.1 Å². The molecule has 0 bridgehead atoms. The molecule has 1 heterocycles. The van der Waals surface area contributed by atoms with Crippen molar-refractivity contribution >= 4 is 17.3 Å². The van der Waals surface area contributed by atoms with Gasteiger partial charge in [-0.15, -0.1) is 0 Å². The Morgan fingerprint density at radius 3 is 2.81 bits per heavy atom. The van der Waals surface area contributed by atoms with Gasteiger partial charge in [0.25, 0.3) is 5.89 Å². The van der Waals surface area contributed by atoms with Crippen molar-refractivity contribution in [1.29, 1.82) is 0 Å². The Kier molecular flexibility index (Phi) is 3.75. The van der Waals surface area contributed by atoms with Crippen LogP contribution in [-0.4, -0.2) is 10.1 Å². The molecule has 3 rings (SSSR count). The van der Waals surface area contributed by atoms with Crippen LogP contribution in [0.4, 0.5) is 5.69 Å². The first-order valence-corrected chi connectivity index (χ1v) is 6.65. The van der Waals surface area contributed by atoms with Gasteiger partial charge in [0.1, 0.15) is 5.75 Å². The number of nitrogens with two attached hydrogens (primary N) is 1. The van der Waals surface area contributed by atoms with Gasteiger partial charge in [0.15, 0.2) is 6.61 Å². The SMILES string of the molecule is Nc1cccc(OCc2nc(-c3cccc(Cl)c3)no2)c1. The van der Waals surface area contributed by atoms with E-state index in [1.807, 2.05) is 24.3 Å². The number of benzene rings is 2. The van der Waals surface area contributed by atoms with Gasteiger partial charge in [-0.1, -0.05) is 35.0 Å². The minimum absolute atomic E-state index is 0.178. The number of ether oxygens (including phenoxy) is 1. The van der Waals surface area contributed by atoms with E-state index in [1.165, 1.54) is 0 Å². The second kappa shape index (κ2) is 5.85. The number of anilines is 1. The van der Waals surface area contributed by atoms with Gasteiger partial charge in [0, 0.05) is 22.3 Å². The first-order valence-electron chi connectivity index (χ1n) is 6.27. The molecule has 0 spiro atoms. The molecule has 21 heavy (non-hydrogen) atoms. The highest BCUT2D eigenvalue weighted by molar-refractivity contribution is 6.30. The Labute approximate surface area is 126 Å². The summed E-state index contributed by atoms with van der Waals surface area (Å²) in [5.74, 6) is 1.51. The summed E-state index contributed by atoms with van der Waals surface area (Å²) in [4.78, 5) is 4.27. The van der Waals surface area contributed by atoms with Gasteiger partial charge in [0.2, 0.25) is 5.82 Å². The minimum atomic E-state index is 0.178. The van der Waals surface area contributed by atoms with Gasteiger partial charge in [-0.3, -0.25) is 0 Å². The average Bonchev–Trinajstić information content (AvgIpc) is 2.94. The number of rotatable bonds is 4. The fourth-order valence-corrected chi connectivity index (χ4v) is 2.00. The van der Waals surface area contributed by atoms with Crippen LogP contribution in [0.3, 0.4) is 0 Å². The van der Waals surface area contributed by atoms with E-state index in [-0.39, 0.29) is 6.61 Å². The van der Waals surface area contributed by atoms with Crippen LogP contribution in [0.1, 0.15) is 5.89 Å². The van der Waals surface area contributed by atoms with E-state index in [0.29, 0.717) is 28.2 Å². The fraction of sp³-hybridized carbons (Fsp3) is 0.0667. The summed E-state index contributed by atoms with van der Waals surface area (Å²) < 4.78 is 10.7. The van der Waals surface area contributed by atoms with Gasteiger partial charge in [0.05, 0.1) is 0 Å². The molecule has 5 nitrogen and oxygen atoms in total. The summed E-state index contributed by atoms with van der Waals surface area (Å²) in [7, 11) is 0. The molecule has 0 aliphatic carbocycles. The Morgan fingerprint density at radius 2 is 2.00 bits per heavy atom. The molecular formula is C15H12ClN3O2. The average molecular weight is 302 g/mol. The van der Waals surface area contributed by atoms with Crippen molar-refractivity contribution in [2.75, 3.05) is 5.73 Å². The molecule has 2 N–H and O–H groups in total. The van der Waals surface area contributed by atoms with Crippen LogP contribution in [0.15, 0.2) is 53.1 Å². The zero-order valence-electron chi connectivity index (χ0n) is 11.0. The summed E-state index contributed by atoms with van der Waals surface area (Å²) in [6.07, 6.45) is 0. The van der Waals surface area contributed by atoms with Gasteiger partial charge >= 0.3 is 0 Å². The second-order valence-corrected chi connectivity index (χ2v) is 4.82. The molecular weight excluding hydrogens is 290 g/mol. The molecule has 0 amide bonds. The molecule has 0 atom stereocenters. The lowest BCUT2D eigenvalue weighted by molar-refractivity contribution is 0.243. The Hall–Kier alpha value is -2.53. The lowest BCUT2D eigenvalue weighted by atomic mass is 10.2. The molecule has 2 aromatic carbocycles. The van der Waals surface area contributed by atoms with Crippen molar-refractivity contribution in [3.63, 3.8) is 0 Å². The maximum atomic E-state index is 5.93.